The van der Waals surface area contributed by atoms with E-state index in [-0.39, 0.29) is 11.7 Å². The Balaban J connectivity index is 2.11. The van der Waals surface area contributed by atoms with Gasteiger partial charge in [-0.25, -0.2) is 0 Å². The number of hydrogen-bond donors (Lipinski definition) is 1. The monoisotopic (exact) mass is 275 g/mol. The van der Waals surface area contributed by atoms with Crippen molar-refractivity contribution in [3.63, 3.8) is 0 Å². The number of benzene rings is 1. The van der Waals surface area contributed by atoms with E-state index in [4.69, 9.17) is 0 Å². The maximum absolute atomic E-state index is 12.6. The summed E-state index contributed by atoms with van der Waals surface area (Å²) in [5.41, 5.74) is 1.73. The molecule has 0 unspecified atom stereocenters. The van der Waals surface area contributed by atoms with Gasteiger partial charge in [-0.2, -0.15) is 0 Å². The van der Waals surface area contributed by atoms with Crippen LogP contribution in [0.4, 0.5) is 0 Å². The average molecular weight is 275 g/mol. The van der Waals surface area contributed by atoms with Crippen molar-refractivity contribution in [3.8, 4) is 5.75 Å². The van der Waals surface area contributed by atoms with Crippen molar-refractivity contribution in [2.75, 3.05) is 13.1 Å². The van der Waals surface area contributed by atoms with Gasteiger partial charge in [-0.3, -0.25) is 4.79 Å². The van der Waals surface area contributed by atoms with E-state index in [0.717, 1.165) is 25.9 Å². The molecule has 3 heteroatoms. The number of amides is 1. The second-order valence-electron chi connectivity index (χ2n) is 5.95. The predicted molar refractivity (Wildman–Crippen MR) is 81.0 cm³/mol. The van der Waals surface area contributed by atoms with Gasteiger partial charge in [-0.15, -0.1) is 0 Å². The summed E-state index contributed by atoms with van der Waals surface area (Å²) in [5.74, 6) is 0.253. The lowest BCUT2D eigenvalue weighted by Gasteiger charge is -2.41. The van der Waals surface area contributed by atoms with Gasteiger partial charge in [0.15, 0.2) is 0 Å². The van der Waals surface area contributed by atoms with E-state index in [1.165, 1.54) is 12.8 Å². The Bertz CT molecular complexity index is 482. The highest BCUT2D eigenvalue weighted by Crippen LogP contribution is 2.38. The Morgan fingerprint density at radius 3 is 2.40 bits per heavy atom. The Labute approximate surface area is 121 Å². The van der Waals surface area contributed by atoms with Gasteiger partial charge in [0.05, 0.1) is 0 Å². The highest BCUT2D eigenvalue weighted by atomic mass is 16.3. The lowest BCUT2D eigenvalue weighted by molar-refractivity contribution is 0.0556. The first-order valence-electron chi connectivity index (χ1n) is 7.61. The molecule has 110 valence electrons. The zero-order valence-electron chi connectivity index (χ0n) is 12.8. The molecule has 1 saturated heterocycles. The average Bonchev–Trinajstić information content (AvgIpc) is 2.49. The van der Waals surface area contributed by atoms with E-state index >= 15 is 0 Å². The first-order valence-corrected chi connectivity index (χ1v) is 7.61. The van der Waals surface area contributed by atoms with Crippen LogP contribution in [0.2, 0.25) is 0 Å². The molecule has 3 nitrogen and oxygen atoms in total. The first kappa shape index (κ1) is 14.9. The number of carbonyl (C=O) groups is 1. The Morgan fingerprint density at radius 2 is 1.85 bits per heavy atom. The molecular weight excluding hydrogens is 250 g/mol. The van der Waals surface area contributed by atoms with E-state index in [0.29, 0.717) is 16.5 Å². The zero-order chi connectivity index (χ0) is 14.8. The molecule has 0 saturated carbocycles. The third kappa shape index (κ3) is 2.67. The van der Waals surface area contributed by atoms with Crippen LogP contribution in [0.1, 0.15) is 55.5 Å². The van der Waals surface area contributed by atoms with Crippen LogP contribution in [-0.2, 0) is 0 Å². The number of phenolic OH excluding ortho intramolecular Hbond substituents is 1. The molecule has 0 radical (unpaired) electrons. The van der Waals surface area contributed by atoms with E-state index in [2.05, 4.69) is 13.8 Å². The number of phenols is 1. The SMILES string of the molecule is CCC1(CC)CCN(C(=O)c2cccc(O)c2C)CC1. The second-order valence-corrected chi connectivity index (χ2v) is 5.95. The summed E-state index contributed by atoms with van der Waals surface area (Å²) in [4.78, 5) is 14.5. The van der Waals surface area contributed by atoms with E-state index in [9.17, 15) is 9.90 Å². The molecule has 0 aromatic heterocycles. The van der Waals surface area contributed by atoms with Gasteiger partial charge < -0.3 is 10.0 Å². The molecule has 2 rings (SSSR count). The summed E-state index contributed by atoms with van der Waals surface area (Å²) in [6, 6.07) is 5.17. The second kappa shape index (κ2) is 5.86. The van der Waals surface area contributed by atoms with Crippen LogP contribution in [0.5, 0.6) is 5.75 Å². The number of hydrogen-bond acceptors (Lipinski definition) is 2. The van der Waals surface area contributed by atoms with E-state index in [1.54, 1.807) is 25.1 Å². The van der Waals surface area contributed by atoms with Gasteiger partial charge in [-0.1, -0.05) is 32.8 Å². The normalized spacial score (nSPS) is 18.1. The van der Waals surface area contributed by atoms with Crippen LogP contribution in [0, 0.1) is 12.3 Å². The van der Waals surface area contributed by atoms with Gasteiger partial charge in [0, 0.05) is 24.2 Å². The molecule has 1 fully saturated rings. The maximum atomic E-state index is 12.6. The number of piperidine rings is 1. The van der Waals surface area contributed by atoms with Crippen LogP contribution in [0.15, 0.2) is 18.2 Å². The van der Waals surface area contributed by atoms with E-state index < -0.39 is 0 Å². The number of likely N-dealkylation sites (tertiary alicyclic amines) is 1. The zero-order valence-corrected chi connectivity index (χ0v) is 12.8. The van der Waals surface area contributed by atoms with Crippen LogP contribution in [-0.4, -0.2) is 29.0 Å². The van der Waals surface area contributed by atoms with Crippen molar-refractivity contribution < 1.29 is 9.90 Å². The molecule has 1 aromatic rings. The van der Waals surface area contributed by atoms with Crippen molar-refractivity contribution in [3.05, 3.63) is 29.3 Å². The highest BCUT2D eigenvalue weighted by Gasteiger charge is 2.33. The van der Waals surface area contributed by atoms with Gasteiger partial charge in [0.25, 0.3) is 5.91 Å². The summed E-state index contributed by atoms with van der Waals surface area (Å²) in [6.45, 7) is 7.96. The molecule has 0 atom stereocenters. The highest BCUT2D eigenvalue weighted by molar-refractivity contribution is 5.96. The van der Waals surface area contributed by atoms with Gasteiger partial charge >= 0.3 is 0 Å². The van der Waals surface area contributed by atoms with Crippen molar-refractivity contribution >= 4 is 5.91 Å². The van der Waals surface area contributed by atoms with Crippen LogP contribution < -0.4 is 0 Å². The number of aromatic hydroxyl groups is 1. The molecule has 1 aliphatic rings. The first-order chi connectivity index (χ1) is 9.53. The molecule has 1 aromatic carbocycles. The lowest BCUT2D eigenvalue weighted by Crippen LogP contribution is -2.43. The lowest BCUT2D eigenvalue weighted by atomic mass is 9.74. The number of rotatable bonds is 3. The molecule has 0 bridgehead atoms. The predicted octanol–water partition coefficient (Wildman–Crippen LogP) is 3.74. The summed E-state index contributed by atoms with van der Waals surface area (Å²) in [7, 11) is 0. The minimum Gasteiger partial charge on any atom is -0.508 e. The Morgan fingerprint density at radius 1 is 1.25 bits per heavy atom. The molecular formula is C17H25NO2. The fourth-order valence-corrected chi connectivity index (χ4v) is 3.17. The summed E-state index contributed by atoms with van der Waals surface area (Å²) < 4.78 is 0. The standard InChI is InChI=1S/C17H25NO2/c1-4-17(5-2)9-11-18(12-10-17)16(20)14-7-6-8-15(19)13(14)3/h6-8,19H,4-5,9-12H2,1-3H3. The minimum atomic E-state index is 0.0548. The van der Waals surface area contributed by atoms with Crippen LogP contribution in [0.3, 0.4) is 0 Å². The molecule has 20 heavy (non-hydrogen) atoms. The van der Waals surface area contributed by atoms with Crippen LogP contribution >= 0.6 is 0 Å². The van der Waals surface area contributed by atoms with Crippen molar-refractivity contribution in [2.24, 2.45) is 5.41 Å². The van der Waals surface area contributed by atoms with Crippen molar-refractivity contribution in [2.45, 2.75) is 46.5 Å². The molecule has 1 heterocycles. The molecule has 1 N–H and O–H groups in total. The fourth-order valence-electron chi connectivity index (χ4n) is 3.17. The molecule has 0 spiro atoms. The number of nitrogens with zero attached hydrogens (tertiary/aromatic N) is 1. The quantitative estimate of drug-likeness (QED) is 0.912. The number of carbonyl (C=O) groups excluding carboxylic acids is 1. The summed E-state index contributed by atoms with van der Waals surface area (Å²) in [6.07, 6.45) is 4.56. The molecule has 0 aliphatic carbocycles. The van der Waals surface area contributed by atoms with Crippen molar-refractivity contribution in [1.82, 2.24) is 4.90 Å². The maximum Gasteiger partial charge on any atom is 0.254 e. The smallest absolute Gasteiger partial charge is 0.254 e. The van der Waals surface area contributed by atoms with E-state index in [1.807, 2.05) is 4.90 Å². The third-order valence-electron chi connectivity index (χ3n) is 5.15. The largest absolute Gasteiger partial charge is 0.508 e. The van der Waals surface area contributed by atoms with Crippen molar-refractivity contribution in [1.29, 1.82) is 0 Å². The molecule has 1 amide bonds. The third-order valence-corrected chi connectivity index (χ3v) is 5.15. The fraction of sp³-hybridized carbons (Fsp3) is 0.588. The van der Waals surface area contributed by atoms with Gasteiger partial charge in [0.1, 0.15) is 5.75 Å². The summed E-state index contributed by atoms with van der Waals surface area (Å²) >= 11 is 0. The minimum absolute atomic E-state index is 0.0548. The topological polar surface area (TPSA) is 40.5 Å². The van der Waals surface area contributed by atoms with Gasteiger partial charge in [0.2, 0.25) is 0 Å². The van der Waals surface area contributed by atoms with Crippen LogP contribution in [0.25, 0.3) is 0 Å². The molecule has 1 aliphatic heterocycles. The Hall–Kier alpha value is -1.51. The van der Waals surface area contributed by atoms with Gasteiger partial charge in [-0.05, 0) is 37.3 Å². The Kier molecular flexibility index (Phi) is 4.36. The summed E-state index contributed by atoms with van der Waals surface area (Å²) in [5, 5.41) is 9.74.